The number of aromatic nitrogens is 7. The molecule has 0 bridgehead atoms. The third-order valence-electron chi connectivity index (χ3n) is 6.10. The van der Waals surface area contributed by atoms with Crippen LogP contribution < -0.4 is 5.32 Å². The quantitative estimate of drug-likeness (QED) is 0.297. The molecule has 0 aliphatic carbocycles. The van der Waals surface area contributed by atoms with Crippen LogP contribution in [0.1, 0.15) is 25.5 Å². The fourth-order valence-corrected chi connectivity index (χ4v) is 4.38. The molecule has 0 saturated heterocycles. The third kappa shape index (κ3) is 3.90. The second-order valence-electron chi connectivity index (χ2n) is 8.77. The number of anilines is 1. The predicted molar refractivity (Wildman–Crippen MR) is 140 cm³/mol. The Hall–Kier alpha value is -4.79. The van der Waals surface area contributed by atoms with Crippen LogP contribution in [0.25, 0.3) is 50.3 Å². The number of H-pyrrole nitrogens is 2. The van der Waals surface area contributed by atoms with Crippen LogP contribution in [0.15, 0.2) is 67.4 Å². The first-order valence-electron chi connectivity index (χ1n) is 11.8. The van der Waals surface area contributed by atoms with E-state index in [9.17, 15) is 4.79 Å². The zero-order valence-electron chi connectivity index (χ0n) is 19.9. The number of rotatable bonds is 6. The van der Waals surface area contributed by atoms with Gasteiger partial charge in [-0.25, -0.2) is 9.97 Å². The van der Waals surface area contributed by atoms with Crippen molar-refractivity contribution in [2.75, 3.05) is 5.32 Å². The predicted octanol–water partition coefficient (Wildman–Crippen LogP) is 5.40. The fraction of sp³-hybridized carbons (Fsp3) is 0.148. The number of hydrogen-bond acceptors (Lipinski definition) is 5. The number of benzene rings is 2. The fourth-order valence-electron chi connectivity index (χ4n) is 4.38. The van der Waals surface area contributed by atoms with Crippen LogP contribution in [0.4, 0.5) is 5.69 Å². The zero-order chi connectivity index (χ0) is 24.6. The smallest absolute Gasteiger partial charge is 0.224 e. The lowest BCUT2D eigenvalue weighted by Gasteiger charge is -2.07. The van der Waals surface area contributed by atoms with E-state index in [0.717, 1.165) is 56.6 Å². The molecule has 6 aromatic rings. The molecule has 9 nitrogen and oxygen atoms in total. The molecule has 0 fully saturated rings. The first kappa shape index (κ1) is 21.7. The van der Waals surface area contributed by atoms with Crippen molar-refractivity contribution in [3.8, 4) is 28.3 Å². The number of carbonyl (C=O) groups is 1. The third-order valence-corrected chi connectivity index (χ3v) is 6.10. The Balaban J connectivity index is 1.40. The lowest BCUT2D eigenvalue weighted by molar-refractivity contribution is -0.116. The molecule has 0 spiro atoms. The van der Waals surface area contributed by atoms with Gasteiger partial charge in [-0.15, -0.1) is 0 Å². The summed E-state index contributed by atoms with van der Waals surface area (Å²) in [7, 11) is 0. The maximum Gasteiger partial charge on any atom is 0.224 e. The number of carbonyl (C=O) groups excluding carboxylic acids is 1. The van der Waals surface area contributed by atoms with Gasteiger partial charge in [-0.05, 0) is 49.2 Å². The lowest BCUT2D eigenvalue weighted by atomic mass is 10.0. The van der Waals surface area contributed by atoms with E-state index in [1.165, 1.54) is 0 Å². The van der Waals surface area contributed by atoms with Crippen LogP contribution in [0.2, 0.25) is 0 Å². The summed E-state index contributed by atoms with van der Waals surface area (Å²) in [6, 6.07) is 14.0. The van der Waals surface area contributed by atoms with E-state index in [-0.39, 0.29) is 5.91 Å². The number of amides is 1. The van der Waals surface area contributed by atoms with Gasteiger partial charge in [0.05, 0.1) is 40.6 Å². The number of aryl methyl sites for hydroxylation is 1. The van der Waals surface area contributed by atoms with Crippen molar-refractivity contribution in [2.24, 2.45) is 0 Å². The molecular weight excluding hydrogens is 452 g/mol. The summed E-state index contributed by atoms with van der Waals surface area (Å²) in [6.07, 6.45) is 8.50. The van der Waals surface area contributed by atoms with E-state index in [2.05, 4.69) is 36.5 Å². The highest BCUT2D eigenvalue weighted by molar-refractivity contribution is 5.97. The van der Waals surface area contributed by atoms with Gasteiger partial charge in [0, 0.05) is 29.8 Å². The molecule has 4 heterocycles. The van der Waals surface area contributed by atoms with Crippen molar-refractivity contribution in [2.45, 2.75) is 26.7 Å². The summed E-state index contributed by atoms with van der Waals surface area (Å²) in [5.74, 6) is 0.663. The largest absolute Gasteiger partial charge is 0.336 e. The number of nitrogens with zero attached hydrogens (tertiary/aromatic N) is 5. The van der Waals surface area contributed by atoms with Crippen LogP contribution >= 0.6 is 0 Å². The molecule has 36 heavy (non-hydrogen) atoms. The molecule has 9 heteroatoms. The van der Waals surface area contributed by atoms with Crippen molar-refractivity contribution in [1.82, 2.24) is 34.7 Å². The monoisotopic (exact) mass is 476 g/mol. The highest BCUT2D eigenvalue weighted by Crippen LogP contribution is 2.32. The van der Waals surface area contributed by atoms with Gasteiger partial charge in [0.15, 0.2) is 5.82 Å². The Labute approximate surface area is 206 Å². The number of hydrogen-bond donors (Lipinski definition) is 3. The van der Waals surface area contributed by atoms with Gasteiger partial charge in [0.1, 0.15) is 11.2 Å². The number of aromatic amines is 2. The maximum absolute atomic E-state index is 12.0. The Morgan fingerprint density at radius 2 is 2.00 bits per heavy atom. The average Bonchev–Trinajstić information content (AvgIpc) is 3.61. The van der Waals surface area contributed by atoms with Crippen LogP contribution in [-0.4, -0.2) is 40.6 Å². The highest BCUT2D eigenvalue weighted by atomic mass is 16.1. The summed E-state index contributed by atoms with van der Waals surface area (Å²) in [5, 5.41) is 11.5. The van der Waals surface area contributed by atoms with E-state index in [4.69, 9.17) is 4.98 Å². The second-order valence-corrected chi connectivity index (χ2v) is 8.77. The molecule has 178 valence electrons. The Kier molecular flexibility index (Phi) is 5.29. The SMILES string of the molecule is CCCC(=O)Nc1cncc(-c2ccc3[nH]nc(-c4nc5c(-n6cnc(C)c6)cccc5[nH]4)c3c2)c1. The Morgan fingerprint density at radius 3 is 2.83 bits per heavy atom. The summed E-state index contributed by atoms with van der Waals surface area (Å²) >= 11 is 0. The molecular formula is C27H24N8O. The number of imidazole rings is 2. The maximum atomic E-state index is 12.0. The molecule has 0 aliphatic heterocycles. The van der Waals surface area contributed by atoms with Crippen molar-refractivity contribution < 1.29 is 4.79 Å². The molecule has 0 unspecified atom stereocenters. The number of para-hydroxylation sites is 1. The average molecular weight is 477 g/mol. The van der Waals surface area contributed by atoms with E-state index < -0.39 is 0 Å². The Bertz CT molecular complexity index is 1720. The van der Waals surface area contributed by atoms with Gasteiger partial charge in [-0.3, -0.25) is 14.9 Å². The minimum atomic E-state index is -0.0147. The van der Waals surface area contributed by atoms with Gasteiger partial charge in [-0.1, -0.05) is 19.1 Å². The molecule has 0 aliphatic rings. The zero-order valence-corrected chi connectivity index (χ0v) is 19.9. The van der Waals surface area contributed by atoms with Crippen molar-refractivity contribution in [1.29, 1.82) is 0 Å². The molecule has 0 atom stereocenters. The van der Waals surface area contributed by atoms with Gasteiger partial charge in [0.25, 0.3) is 0 Å². The van der Waals surface area contributed by atoms with Crippen molar-refractivity contribution in [3.05, 3.63) is 73.1 Å². The molecule has 3 N–H and O–H groups in total. The van der Waals surface area contributed by atoms with E-state index in [1.807, 2.05) is 61.0 Å². The normalized spacial score (nSPS) is 11.4. The standard InChI is InChI=1S/C27H24N8O/c1-3-5-24(36)30-19-10-18(12-28-13-19)17-8-9-21-20(11-17)25(34-33-21)27-31-22-6-4-7-23(26(22)32-27)35-14-16(2)29-15-35/h4,6-15H,3,5H2,1-2H3,(H,30,36)(H,31,32)(H,33,34). The molecule has 4 aromatic heterocycles. The summed E-state index contributed by atoms with van der Waals surface area (Å²) in [5.41, 5.74) is 7.84. The van der Waals surface area contributed by atoms with Crippen LogP contribution in [-0.2, 0) is 4.79 Å². The van der Waals surface area contributed by atoms with E-state index >= 15 is 0 Å². The number of nitrogens with one attached hydrogen (secondary N) is 3. The van der Waals surface area contributed by atoms with Crippen LogP contribution in [0.5, 0.6) is 0 Å². The summed E-state index contributed by atoms with van der Waals surface area (Å²) in [4.78, 5) is 29.0. The first-order valence-corrected chi connectivity index (χ1v) is 11.8. The van der Waals surface area contributed by atoms with Gasteiger partial charge in [0.2, 0.25) is 5.91 Å². The minimum absolute atomic E-state index is 0.0147. The molecule has 2 aromatic carbocycles. The topological polar surface area (TPSA) is 117 Å². The van der Waals surface area contributed by atoms with Gasteiger partial charge < -0.3 is 14.9 Å². The summed E-state index contributed by atoms with van der Waals surface area (Å²) < 4.78 is 1.97. The number of pyridine rings is 1. The number of fused-ring (bicyclic) bond motifs is 2. The minimum Gasteiger partial charge on any atom is -0.336 e. The van der Waals surface area contributed by atoms with Crippen LogP contribution in [0.3, 0.4) is 0 Å². The molecule has 1 amide bonds. The van der Waals surface area contributed by atoms with E-state index in [0.29, 0.717) is 17.9 Å². The van der Waals surface area contributed by atoms with Gasteiger partial charge in [-0.2, -0.15) is 5.10 Å². The first-order chi connectivity index (χ1) is 17.6. The Morgan fingerprint density at radius 1 is 1.08 bits per heavy atom. The molecule has 0 radical (unpaired) electrons. The highest BCUT2D eigenvalue weighted by Gasteiger charge is 2.16. The van der Waals surface area contributed by atoms with E-state index in [1.54, 1.807) is 18.7 Å². The second kappa shape index (κ2) is 8.77. The molecule has 0 saturated carbocycles. The van der Waals surface area contributed by atoms with Crippen LogP contribution in [0, 0.1) is 6.92 Å². The lowest BCUT2D eigenvalue weighted by Crippen LogP contribution is -2.10. The van der Waals surface area contributed by atoms with Crippen molar-refractivity contribution >= 4 is 33.5 Å². The van der Waals surface area contributed by atoms with Crippen molar-refractivity contribution in [3.63, 3.8) is 0 Å². The summed E-state index contributed by atoms with van der Waals surface area (Å²) in [6.45, 7) is 3.94. The van der Waals surface area contributed by atoms with Gasteiger partial charge >= 0.3 is 0 Å². The molecule has 6 rings (SSSR count).